The lowest BCUT2D eigenvalue weighted by Gasteiger charge is -2.09. The fraction of sp³-hybridized carbons (Fsp3) is 0.261. The molecule has 0 bridgehead atoms. The topological polar surface area (TPSA) is 61.3 Å². The van der Waals surface area contributed by atoms with Gasteiger partial charge in [-0.3, -0.25) is 9.78 Å². The van der Waals surface area contributed by atoms with Gasteiger partial charge in [0.1, 0.15) is 10.8 Å². The average Bonchev–Trinajstić information content (AvgIpc) is 2.78. The van der Waals surface area contributed by atoms with Crippen LogP contribution < -0.4 is 4.74 Å². The highest BCUT2D eigenvalue weighted by molar-refractivity contribution is 8.76. The molecule has 0 aliphatic carbocycles. The molecular formula is C23H24N2O3S2. The van der Waals surface area contributed by atoms with Crippen molar-refractivity contribution >= 4 is 27.6 Å². The number of hydrogen-bond donors (Lipinski definition) is 0. The Morgan fingerprint density at radius 3 is 2.73 bits per heavy atom. The maximum atomic E-state index is 11.6. The number of ether oxygens (including phenoxy) is 2. The molecule has 3 rings (SSSR count). The van der Waals surface area contributed by atoms with Crippen molar-refractivity contribution in [2.24, 2.45) is 0 Å². The van der Waals surface area contributed by atoms with Gasteiger partial charge in [0, 0.05) is 23.7 Å². The molecule has 2 heterocycles. The first-order valence-electron chi connectivity index (χ1n) is 9.79. The lowest BCUT2D eigenvalue weighted by molar-refractivity contribution is -0.142. The minimum absolute atomic E-state index is 0.188. The van der Waals surface area contributed by atoms with Crippen LogP contribution in [0.5, 0.6) is 5.75 Å². The second kappa shape index (κ2) is 12.2. The van der Waals surface area contributed by atoms with Crippen molar-refractivity contribution in [1.82, 2.24) is 9.97 Å². The van der Waals surface area contributed by atoms with E-state index in [1.807, 2.05) is 60.8 Å². The SMILES string of the molecule is CCOC(=O)Cc1ccc(-c2cccc(OCCCSSc3ccccn3)c2)cn1. The van der Waals surface area contributed by atoms with E-state index < -0.39 is 0 Å². The van der Waals surface area contributed by atoms with E-state index in [0.29, 0.717) is 18.9 Å². The van der Waals surface area contributed by atoms with Gasteiger partial charge in [-0.25, -0.2) is 4.98 Å². The Kier molecular flexibility index (Phi) is 9.05. The van der Waals surface area contributed by atoms with Crippen molar-refractivity contribution < 1.29 is 14.3 Å². The summed E-state index contributed by atoms with van der Waals surface area (Å²) in [6, 6.07) is 17.7. The molecule has 2 aromatic heterocycles. The molecule has 1 aromatic carbocycles. The number of aromatic nitrogens is 2. The number of benzene rings is 1. The van der Waals surface area contributed by atoms with Gasteiger partial charge in [-0.2, -0.15) is 0 Å². The van der Waals surface area contributed by atoms with E-state index in [9.17, 15) is 4.79 Å². The highest BCUT2D eigenvalue weighted by Crippen LogP contribution is 2.29. The maximum absolute atomic E-state index is 11.6. The van der Waals surface area contributed by atoms with Crippen LogP contribution in [0.15, 0.2) is 72.0 Å². The van der Waals surface area contributed by atoms with Crippen LogP contribution in [0.4, 0.5) is 0 Å². The summed E-state index contributed by atoms with van der Waals surface area (Å²) in [5, 5.41) is 1.03. The molecule has 0 fully saturated rings. The van der Waals surface area contributed by atoms with Gasteiger partial charge in [0.15, 0.2) is 0 Å². The first-order valence-corrected chi connectivity index (χ1v) is 12.1. The summed E-state index contributed by atoms with van der Waals surface area (Å²) in [5.74, 6) is 1.57. The first kappa shape index (κ1) is 22.2. The molecule has 0 atom stereocenters. The molecule has 156 valence electrons. The summed E-state index contributed by atoms with van der Waals surface area (Å²) in [5.41, 5.74) is 2.71. The molecule has 0 N–H and O–H groups in total. The standard InChI is InChI=1S/C23H24N2O3S2/c1-2-27-23(26)16-20-11-10-19(17-25-20)18-7-5-8-21(15-18)28-13-6-14-29-30-22-9-3-4-12-24-22/h3-5,7-12,15,17H,2,6,13-14,16H2,1H3. The molecule has 0 saturated carbocycles. The average molecular weight is 441 g/mol. The lowest BCUT2D eigenvalue weighted by atomic mass is 10.1. The first-order chi connectivity index (χ1) is 14.7. The van der Waals surface area contributed by atoms with Gasteiger partial charge < -0.3 is 9.47 Å². The van der Waals surface area contributed by atoms with E-state index in [1.165, 1.54) is 0 Å². The summed E-state index contributed by atoms with van der Waals surface area (Å²) < 4.78 is 10.9. The Labute approximate surface area is 185 Å². The summed E-state index contributed by atoms with van der Waals surface area (Å²) in [7, 11) is 3.47. The van der Waals surface area contributed by atoms with Crippen LogP contribution in [-0.2, 0) is 16.0 Å². The number of esters is 1. The molecule has 5 nitrogen and oxygen atoms in total. The molecule has 0 radical (unpaired) electrons. The number of rotatable bonds is 11. The van der Waals surface area contributed by atoms with Crippen molar-refractivity contribution in [2.45, 2.75) is 24.8 Å². The van der Waals surface area contributed by atoms with Crippen molar-refractivity contribution in [3.05, 3.63) is 72.7 Å². The van der Waals surface area contributed by atoms with Crippen molar-refractivity contribution in [2.75, 3.05) is 19.0 Å². The Bertz CT molecular complexity index is 921. The van der Waals surface area contributed by atoms with E-state index >= 15 is 0 Å². The van der Waals surface area contributed by atoms with Crippen molar-refractivity contribution in [3.8, 4) is 16.9 Å². The fourth-order valence-electron chi connectivity index (χ4n) is 2.63. The Morgan fingerprint density at radius 2 is 1.97 bits per heavy atom. The van der Waals surface area contributed by atoms with Gasteiger partial charge in [0.2, 0.25) is 0 Å². The zero-order chi connectivity index (χ0) is 21.0. The normalized spacial score (nSPS) is 10.6. The van der Waals surface area contributed by atoms with E-state index in [2.05, 4.69) is 9.97 Å². The van der Waals surface area contributed by atoms with Crippen LogP contribution in [0.2, 0.25) is 0 Å². The van der Waals surface area contributed by atoms with E-state index in [-0.39, 0.29) is 12.4 Å². The summed E-state index contributed by atoms with van der Waals surface area (Å²) in [6.07, 6.45) is 4.73. The Balaban J connectivity index is 1.44. The summed E-state index contributed by atoms with van der Waals surface area (Å²) in [4.78, 5) is 20.2. The minimum atomic E-state index is -0.259. The predicted octanol–water partition coefficient (Wildman–Crippen LogP) is 5.46. The molecule has 3 aromatic rings. The molecular weight excluding hydrogens is 416 g/mol. The lowest BCUT2D eigenvalue weighted by Crippen LogP contribution is -2.08. The minimum Gasteiger partial charge on any atom is -0.494 e. The maximum Gasteiger partial charge on any atom is 0.311 e. The highest BCUT2D eigenvalue weighted by atomic mass is 33.1. The van der Waals surface area contributed by atoms with Crippen molar-refractivity contribution in [3.63, 3.8) is 0 Å². The third-order valence-electron chi connectivity index (χ3n) is 4.05. The number of hydrogen-bond acceptors (Lipinski definition) is 7. The molecule has 0 aliphatic heterocycles. The Morgan fingerprint density at radius 1 is 1.03 bits per heavy atom. The quantitative estimate of drug-likeness (QED) is 0.223. The third-order valence-corrected chi connectivity index (χ3v) is 6.40. The van der Waals surface area contributed by atoms with Crippen LogP contribution in [0.1, 0.15) is 19.0 Å². The summed E-state index contributed by atoms with van der Waals surface area (Å²) in [6.45, 7) is 2.84. The molecule has 0 unspecified atom stereocenters. The van der Waals surface area contributed by atoms with Crippen LogP contribution in [-0.4, -0.2) is 34.9 Å². The smallest absolute Gasteiger partial charge is 0.311 e. The van der Waals surface area contributed by atoms with Gasteiger partial charge in [0.05, 0.1) is 25.3 Å². The van der Waals surface area contributed by atoms with Gasteiger partial charge in [0.25, 0.3) is 0 Å². The van der Waals surface area contributed by atoms with Crippen LogP contribution in [0.25, 0.3) is 11.1 Å². The van der Waals surface area contributed by atoms with Gasteiger partial charge >= 0.3 is 5.97 Å². The van der Waals surface area contributed by atoms with Gasteiger partial charge in [-0.15, -0.1) is 0 Å². The molecule has 0 spiro atoms. The molecule has 7 heteroatoms. The second-order valence-corrected chi connectivity index (χ2v) is 8.76. The number of carbonyl (C=O) groups is 1. The molecule has 0 amide bonds. The number of nitrogens with zero attached hydrogens (tertiary/aromatic N) is 2. The largest absolute Gasteiger partial charge is 0.494 e. The van der Waals surface area contributed by atoms with Crippen LogP contribution in [0, 0.1) is 0 Å². The summed E-state index contributed by atoms with van der Waals surface area (Å²) >= 11 is 0. The van der Waals surface area contributed by atoms with Crippen LogP contribution >= 0.6 is 21.6 Å². The number of pyridine rings is 2. The predicted molar refractivity (Wildman–Crippen MR) is 123 cm³/mol. The molecule has 0 saturated heterocycles. The van der Waals surface area contributed by atoms with Gasteiger partial charge in [-0.1, -0.05) is 35.1 Å². The monoisotopic (exact) mass is 440 g/mol. The second-order valence-electron chi connectivity index (χ2n) is 6.32. The van der Waals surface area contributed by atoms with E-state index in [0.717, 1.165) is 34.1 Å². The Hall–Kier alpha value is -2.51. The van der Waals surface area contributed by atoms with Gasteiger partial charge in [-0.05, 0) is 60.0 Å². The van der Waals surface area contributed by atoms with Crippen molar-refractivity contribution in [1.29, 1.82) is 0 Å². The highest BCUT2D eigenvalue weighted by Gasteiger charge is 2.06. The number of carbonyl (C=O) groups excluding carboxylic acids is 1. The fourth-order valence-corrected chi connectivity index (χ4v) is 4.57. The molecule has 0 aliphatic rings. The third kappa shape index (κ3) is 7.39. The van der Waals surface area contributed by atoms with Crippen LogP contribution in [0.3, 0.4) is 0 Å². The molecule has 30 heavy (non-hydrogen) atoms. The zero-order valence-electron chi connectivity index (χ0n) is 16.8. The zero-order valence-corrected chi connectivity index (χ0v) is 18.5. The van der Waals surface area contributed by atoms with E-state index in [4.69, 9.17) is 9.47 Å². The van der Waals surface area contributed by atoms with E-state index in [1.54, 1.807) is 34.7 Å².